The highest BCUT2D eigenvalue weighted by molar-refractivity contribution is 8.13. The maximum Gasteiger partial charge on any atom is 0.336 e. The number of fused-ring (bicyclic) bond motifs is 2. The number of rotatable bonds is 5. The van der Waals surface area contributed by atoms with E-state index in [-0.39, 0.29) is 5.24 Å². The third kappa shape index (κ3) is 3.34. The van der Waals surface area contributed by atoms with Crippen molar-refractivity contribution in [2.75, 3.05) is 18.9 Å². The van der Waals surface area contributed by atoms with Gasteiger partial charge in [-0.1, -0.05) is 18.7 Å². The number of hydrogen-bond donors (Lipinski definition) is 1. The van der Waals surface area contributed by atoms with Gasteiger partial charge in [0.15, 0.2) is 0 Å². The van der Waals surface area contributed by atoms with Crippen LogP contribution in [0.1, 0.15) is 6.92 Å². The Labute approximate surface area is 135 Å². The molecule has 7 heteroatoms. The van der Waals surface area contributed by atoms with E-state index in [1.807, 2.05) is 6.92 Å². The van der Waals surface area contributed by atoms with Crippen molar-refractivity contribution in [3.8, 4) is 5.75 Å². The van der Waals surface area contributed by atoms with Crippen LogP contribution in [0.25, 0.3) is 21.9 Å². The monoisotopic (exact) mass is 333 g/mol. The summed E-state index contributed by atoms with van der Waals surface area (Å²) in [6.07, 6.45) is 1.55. The number of hydrogen-bond acceptors (Lipinski definition) is 6. The molecule has 2 aromatic heterocycles. The van der Waals surface area contributed by atoms with Gasteiger partial charge in [0, 0.05) is 12.1 Å². The molecule has 2 heterocycles. The smallest absolute Gasteiger partial charge is 0.336 e. The van der Waals surface area contributed by atoms with Crippen LogP contribution in [0.15, 0.2) is 44.2 Å². The minimum absolute atomic E-state index is 0.0755. The molecule has 0 bridgehead atoms. The molecule has 0 saturated heterocycles. The summed E-state index contributed by atoms with van der Waals surface area (Å²) in [4.78, 5) is 22.8. The van der Waals surface area contributed by atoms with E-state index in [2.05, 4.69) is 5.32 Å². The second-order valence-corrected chi connectivity index (χ2v) is 5.94. The van der Waals surface area contributed by atoms with E-state index in [0.717, 1.165) is 11.1 Å². The van der Waals surface area contributed by atoms with Crippen LogP contribution < -0.4 is 15.7 Å². The fraction of sp³-hybridized carbons (Fsp3) is 0.250. The molecule has 0 aliphatic carbocycles. The number of thioether (sulfide) groups is 1. The molecule has 1 amide bonds. The Morgan fingerprint density at radius 3 is 2.91 bits per heavy atom. The van der Waals surface area contributed by atoms with Crippen LogP contribution in [0.4, 0.5) is 4.79 Å². The molecule has 0 radical (unpaired) electrons. The Balaban J connectivity index is 1.84. The van der Waals surface area contributed by atoms with Gasteiger partial charge < -0.3 is 18.9 Å². The molecule has 3 rings (SSSR count). The second-order valence-electron chi connectivity index (χ2n) is 4.70. The van der Waals surface area contributed by atoms with Crippen LogP contribution in [0, 0.1) is 0 Å². The standard InChI is InChI=1S/C16H15NO5S/c1-2-23-16(19)17-6-8-21-15-10-3-4-14(18)22-13(10)9-12-11(15)5-7-20-12/h3-5,7,9H,2,6,8H2,1H3,(H,17,19). The average molecular weight is 333 g/mol. The first-order chi connectivity index (χ1) is 11.2. The van der Waals surface area contributed by atoms with E-state index in [0.29, 0.717) is 35.5 Å². The van der Waals surface area contributed by atoms with Crippen molar-refractivity contribution >= 4 is 38.9 Å². The molecule has 23 heavy (non-hydrogen) atoms. The van der Waals surface area contributed by atoms with E-state index in [9.17, 15) is 9.59 Å². The zero-order valence-electron chi connectivity index (χ0n) is 12.5. The van der Waals surface area contributed by atoms with Gasteiger partial charge in [0.25, 0.3) is 5.24 Å². The molecule has 0 aliphatic rings. The van der Waals surface area contributed by atoms with Gasteiger partial charge in [-0.15, -0.1) is 0 Å². The Hall–Kier alpha value is -2.41. The number of ether oxygens (including phenoxy) is 1. The van der Waals surface area contributed by atoms with E-state index in [4.69, 9.17) is 13.6 Å². The lowest BCUT2D eigenvalue weighted by Crippen LogP contribution is -2.24. The number of benzene rings is 1. The van der Waals surface area contributed by atoms with Gasteiger partial charge >= 0.3 is 5.63 Å². The van der Waals surface area contributed by atoms with E-state index >= 15 is 0 Å². The molecule has 1 N–H and O–H groups in total. The number of amides is 1. The Morgan fingerprint density at radius 1 is 1.26 bits per heavy atom. The highest BCUT2D eigenvalue weighted by atomic mass is 32.2. The van der Waals surface area contributed by atoms with Crippen molar-refractivity contribution in [2.24, 2.45) is 0 Å². The summed E-state index contributed by atoms with van der Waals surface area (Å²) in [5, 5.41) is 4.16. The van der Waals surface area contributed by atoms with Gasteiger partial charge in [-0.05, 0) is 17.9 Å². The van der Waals surface area contributed by atoms with Crippen molar-refractivity contribution in [2.45, 2.75) is 6.92 Å². The van der Waals surface area contributed by atoms with Crippen LogP contribution in [0.2, 0.25) is 0 Å². The predicted molar refractivity (Wildman–Crippen MR) is 89.3 cm³/mol. The largest absolute Gasteiger partial charge is 0.490 e. The maximum absolute atomic E-state index is 11.4. The molecule has 0 fully saturated rings. The lowest BCUT2D eigenvalue weighted by atomic mass is 10.1. The van der Waals surface area contributed by atoms with E-state index in [1.54, 1.807) is 24.5 Å². The van der Waals surface area contributed by atoms with Crippen molar-refractivity contribution in [1.82, 2.24) is 5.32 Å². The molecule has 0 unspecified atom stereocenters. The molecule has 0 aliphatic heterocycles. The first kappa shape index (κ1) is 15.5. The normalized spacial score (nSPS) is 11.0. The predicted octanol–water partition coefficient (Wildman–Crippen LogP) is 3.38. The number of carbonyl (C=O) groups is 1. The third-order valence-electron chi connectivity index (χ3n) is 3.20. The summed E-state index contributed by atoms with van der Waals surface area (Å²) in [7, 11) is 0. The summed E-state index contributed by atoms with van der Waals surface area (Å²) < 4.78 is 16.4. The van der Waals surface area contributed by atoms with E-state index < -0.39 is 5.63 Å². The van der Waals surface area contributed by atoms with Gasteiger partial charge in [0.1, 0.15) is 23.5 Å². The van der Waals surface area contributed by atoms with Crippen LogP contribution in [-0.4, -0.2) is 24.1 Å². The topological polar surface area (TPSA) is 81.7 Å². The van der Waals surface area contributed by atoms with Crippen molar-refractivity contribution in [1.29, 1.82) is 0 Å². The van der Waals surface area contributed by atoms with Crippen LogP contribution in [-0.2, 0) is 0 Å². The number of carbonyl (C=O) groups excluding carboxylic acids is 1. The second kappa shape index (κ2) is 6.78. The van der Waals surface area contributed by atoms with Gasteiger partial charge in [-0.3, -0.25) is 4.79 Å². The van der Waals surface area contributed by atoms with Crippen LogP contribution >= 0.6 is 11.8 Å². The summed E-state index contributed by atoms with van der Waals surface area (Å²) >= 11 is 1.22. The molecule has 0 atom stereocenters. The molecule has 6 nitrogen and oxygen atoms in total. The molecular weight excluding hydrogens is 318 g/mol. The fourth-order valence-corrected chi connectivity index (χ4v) is 2.72. The zero-order chi connectivity index (χ0) is 16.2. The van der Waals surface area contributed by atoms with Crippen LogP contribution in [0.3, 0.4) is 0 Å². The SMILES string of the molecule is CCSC(=O)NCCOc1c2ccoc2cc2oc(=O)ccc12. The van der Waals surface area contributed by atoms with Crippen LogP contribution in [0.5, 0.6) is 5.75 Å². The zero-order valence-corrected chi connectivity index (χ0v) is 13.3. The average Bonchev–Trinajstić information content (AvgIpc) is 2.98. The summed E-state index contributed by atoms with van der Waals surface area (Å²) in [6, 6.07) is 6.47. The fourth-order valence-electron chi connectivity index (χ4n) is 2.25. The van der Waals surface area contributed by atoms with Crippen molar-refractivity contribution < 1.29 is 18.4 Å². The van der Waals surface area contributed by atoms with Gasteiger partial charge in [-0.2, -0.15) is 0 Å². The molecule has 1 aromatic carbocycles. The Bertz CT molecular complexity index is 898. The lowest BCUT2D eigenvalue weighted by Gasteiger charge is -2.10. The molecular formula is C16H15NO5S. The van der Waals surface area contributed by atoms with Crippen molar-refractivity contribution in [3.05, 3.63) is 40.9 Å². The molecule has 0 saturated carbocycles. The summed E-state index contributed by atoms with van der Waals surface area (Å²) in [5.41, 5.74) is 0.547. The third-order valence-corrected chi connectivity index (χ3v) is 3.90. The highest BCUT2D eigenvalue weighted by Crippen LogP contribution is 2.34. The van der Waals surface area contributed by atoms with Crippen molar-refractivity contribution in [3.63, 3.8) is 0 Å². The summed E-state index contributed by atoms with van der Waals surface area (Å²) in [5.74, 6) is 1.30. The Kier molecular flexibility index (Phi) is 4.57. The maximum atomic E-state index is 11.4. The van der Waals surface area contributed by atoms with Gasteiger partial charge in [-0.25, -0.2) is 4.79 Å². The lowest BCUT2D eigenvalue weighted by molar-refractivity contribution is 0.256. The first-order valence-electron chi connectivity index (χ1n) is 7.16. The highest BCUT2D eigenvalue weighted by Gasteiger charge is 2.13. The van der Waals surface area contributed by atoms with Gasteiger partial charge in [0.05, 0.1) is 23.6 Å². The minimum Gasteiger partial charge on any atom is -0.490 e. The number of furan rings is 1. The summed E-state index contributed by atoms with van der Waals surface area (Å²) in [6.45, 7) is 2.60. The number of nitrogens with one attached hydrogen (secondary N) is 1. The van der Waals surface area contributed by atoms with E-state index in [1.165, 1.54) is 17.8 Å². The molecule has 3 aromatic rings. The van der Waals surface area contributed by atoms with Gasteiger partial charge in [0.2, 0.25) is 0 Å². The Morgan fingerprint density at radius 2 is 2.09 bits per heavy atom. The first-order valence-corrected chi connectivity index (χ1v) is 8.15. The quantitative estimate of drug-likeness (QED) is 0.569. The molecule has 0 spiro atoms. The molecule has 120 valence electrons. The minimum atomic E-state index is -0.432.